The second-order valence-corrected chi connectivity index (χ2v) is 6.01. The molecule has 3 aromatic rings. The van der Waals surface area contributed by atoms with Crippen LogP contribution >= 0.6 is 0 Å². The topological polar surface area (TPSA) is 63.4 Å². The van der Waals surface area contributed by atoms with Crippen LogP contribution in [-0.4, -0.2) is 47.4 Å². The molecule has 0 atom stereocenters. The van der Waals surface area contributed by atoms with Crippen LogP contribution in [0.15, 0.2) is 48.7 Å². The number of hydrogen-bond acceptors (Lipinski definition) is 5. The van der Waals surface area contributed by atoms with Gasteiger partial charge in [0.05, 0.1) is 18.5 Å². The van der Waals surface area contributed by atoms with Crippen LogP contribution in [0.4, 0.5) is 5.69 Å². The maximum atomic E-state index is 8.86. The van der Waals surface area contributed by atoms with Gasteiger partial charge in [-0.1, -0.05) is 31.2 Å². The van der Waals surface area contributed by atoms with Gasteiger partial charge in [-0.2, -0.15) is 0 Å². The van der Waals surface area contributed by atoms with Gasteiger partial charge in [0.2, 0.25) is 0 Å². The van der Waals surface area contributed by atoms with Crippen LogP contribution in [0.3, 0.4) is 0 Å². The standard InChI is InChI=1S/C19H22N4O2.C2H6/c1-14-12-17(8-9-19(14)25-11-10-24)23-13-18(20-21-23)15-4-6-16(7-5-15)22(2)3;1-2/h4-9,12-13,24H,10-11H2,1-3H3;1-2H3. The molecule has 0 saturated heterocycles. The summed E-state index contributed by atoms with van der Waals surface area (Å²) in [6, 6.07) is 14.0. The summed E-state index contributed by atoms with van der Waals surface area (Å²) in [6.07, 6.45) is 1.91. The number of aromatic nitrogens is 3. The summed E-state index contributed by atoms with van der Waals surface area (Å²) in [6.45, 7) is 6.25. The number of ether oxygens (including phenoxy) is 1. The van der Waals surface area contributed by atoms with Crippen LogP contribution in [0.5, 0.6) is 5.75 Å². The molecule has 0 saturated carbocycles. The van der Waals surface area contributed by atoms with E-state index in [1.165, 1.54) is 0 Å². The Kier molecular flexibility index (Phi) is 7.37. The Bertz CT molecular complexity index is 842. The van der Waals surface area contributed by atoms with Crippen molar-refractivity contribution < 1.29 is 9.84 Å². The third kappa shape index (κ3) is 5.08. The largest absolute Gasteiger partial charge is 0.491 e. The first-order valence-electron chi connectivity index (χ1n) is 9.13. The second-order valence-electron chi connectivity index (χ2n) is 6.01. The van der Waals surface area contributed by atoms with Crippen LogP contribution in [0.2, 0.25) is 0 Å². The van der Waals surface area contributed by atoms with Gasteiger partial charge in [0, 0.05) is 25.3 Å². The van der Waals surface area contributed by atoms with Gasteiger partial charge in [0.15, 0.2) is 0 Å². The molecule has 0 bridgehead atoms. The molecule has 6 heteroatoms. The minimum Gasteiger partial charge on any atom is -0.491 e. The number of hydrogen-bond donors (Lipinski definition) is 1. The molecule has 6 nitrogen and oxygen atoms in total. The smallest absolute Gasteiger partial charge is 0.122 e. The van der Waals surface area contributed by atoms with Gasteiger partial charge >= 0.3 is 0 Å². The lowest BCUT2D eigenvalue weighted by Gasteiger charge is -2.11. The van der Waals surface area contributed by atoms with Crippen molar-refractivity contribution >= 4 is 5.69 Å². The molecular weight excluding hydrogens is 340 g/mol. The molecule has 144 valence electrons. The normalized spacial score (nSPS) is 10.1. The Labute approximate surface area is 161 Å². The highest BCUT2D eigenvalue weighted by molar-refractivity contribution is 5.62. The Morgan fingerprint density at radius 3 is 2.37 bits per heavy atom. The van der Waals surface area contributed by atoms with E-state index in [-0.39, 0.29) is 13.2 Å². The van der Waals surface area contributed by atoms with E-state index in [9.17, 15) is 0 Å². The number of nitrogens with zero attached hydrogens (tertiary/aromatic N) is 4. The summed E-state index contributed by atoms with van der Waals surface area (Å²) in [5.74, 6) is 0.761. The minimum atomic E-state index is 0.000238. The zero-order chi connectivity index (χ0) is 19.8. The van der Waals surface area contributed by atoms with Crippen molar-refractivity contribution in [3.63, 3.8) is 0 Å². The highest BCUT2D eigenvalue weighted by Crippen LogP contribution is 2.24. The van der Waals surface area contributed by atoms with Crippen LogP contribution in [0.25, 0.3) is 16.9 Å². The second kappa shape index (κ2) is 9.73. The van der Waals surface area contributed by atoms with Crippen molar-refractivity contribution in [3.05, 3.63) is 54.2 Å². The molecule has 27 heavy (non-hydrogen) atoms. The lowest BCUT2D eigenvalue weighted by atomic mass is 10.1. The van der Waals surface area contributed by atoms with Gasteiger partial charge in [0.1, 0.15) is 18.1 Å². The molecule has 0 aliphatic rings. The van der Waals surface area contributed by atoms with Crippen LogP contribution in [0, 0.1) is 6.92 Å². The number of aryl methyl sites for hydroxylation is 1. The molecule has 3 rings (SSSR count). The van der Waals surface area contributed by atoms with Crippen molar-refractivity contribution in [2.45, 2.75) is 20.8 Å². The van der Waals surface area contributed by atoms with Crippen LogP contribution in [-0.2, 0) is 0 Å². The molecule has 0 radical (unpaired) electrons. The fraction of sp³-hybridized carbons (Fsp3) is 0.333. The first-order valence-corrected chi connectivity index (χ1v) is 9.13. The van der Waals surface area contributed by atoms with Gasteiger partial charge in [-0.3, -0.25) is 0 Å². The molecule has 0 amide bonds. The van der Waals surface area contributed by atoms with Crippen molar-refractivity contribution in [1.29, 1.82) is 0 Å². The molecule has 1 heterocycles. The van der Waals surface area contributed by atoms with Crippen molar-refractivity contribution in [3.8, 4) is 22.7 Å². The highest BCUT2D eigenvalue weighted by Gasteiger charge is 2.08. The molecule has 0 spiro atoms. The summed E-state index contributed by atoms with van der Waals surface area (Å²) in [7, 11) is 4.03. The Balaban J connectivity index is 0.00000126. The van der Waals surface area contributed by atoms with E-state index in [0.29, 0.717) is 0 Å². The molecule has 0 unspecified atom stereocenters. The van der Waals surface area contributed by atoms with Crippen molar-refractivity contribution in [1.82, 2.24) is 15.0 Å². The van der Waals surface area contributed by atoms with Crippen molar-refractivity contribution in [2.24, 2.45) is 0 Å². The van der Waals surface area contributed by atoms with E-state index in [1.54, 1.807) is 4.68 Å². The zero-order valence-corrected chi connectivity index (χ0v) is 16.7. The van der Waals surface area contributed by atoms with Gasteiger partial charge < -0.3 is 14.7 Å². The third-order valence-corrected chi connectivity index (χ3v) is 3.94. The lowest BCUT2D eigenvalue weighted by molar-refractivity contribution is 0.200. The summed E-state index contributed by atoms with van der Waals surface area (Å²) < 4.78 is 7.23. The summed E-state index contributed by atoms with van der Waals surface area (Å²) >= 11 is 0. The Morgan fingerprint density at radius 1 is 1.07 bits per heavy atom. The van der Waals surface area contributed by atoms with E-state index in [1.807, 2.05) is 71.4 Å². The highest BCUT2D eigenvalue weighted by atomic mass is 16.5. The number of anilines is 1. The average molecular weight is 368 g/mol. The predicted molar refractivity (Wildman–Crippen MR) is 110 cm³/mol. The quantitative estimate of drug-likeness (QED) is 0.719. The number of aliphatic hydroxyl groups excluding tert-OH is 1. The molecule has 2 aromatic carbocycles. The molecule has 1 N–H and O–H groups in total. The summed E-state index contributed by atoms with van der Waals surface area (Å²) in [5, 5.41) is 17.4. The lowest BCUT2D eigenvalue weighted by Crippen LogP contribution is -2.07. The van der Waals surface area contributed by atoms with E-state index >= 15 is 0 Å². The van der Waals surface area contributed by atoms with Gasteiger partial charge in [-0.15, -0.1) is 5.10 Å². The fourth-order valence-electron chi connectivity index (χ4n) is 2.55. The van der Waals surface area contributed by atoms with Crippen LogP contribution < -0.4 is 9.64 Å². The average Bonchev–Trinajstić information content (AvgIpc) is 3.19. The predicted octanol–water partition coefficient (Wildman–Crippen LogP) is 3.71. The Morgan fingerprint density at radius 2 is 1.78 bits per heavy atom. The monoisotopic (exact) mass is 368 g/mol. The number of rotatable bonds is 6. The molecule has 0 aliphatic carbocycles. The van der Waals surface area contributed by atoms with Gasteiger partial charge in [-0.25, -0.2) is 4.68 Å². The molecule has 0 aliphatic heterocycles. The van der Waals surface area contributed by atoms with E-state index in [2.05, 4.69) is 27.3 Å². The maximum Gasteiger partial charge on any atom is 0.122 e. The summed E-state index contributed by atoms with van der Waals surface area (Å²) in [5.41, 5.74) is 4.89. The Hall–Kier alpha value is -2.86. The molecule has 0 fully saturated rings. The molecule has 1 aromatic heterocycles. The first kappa shape index (κ1) is 20.5. The zero-order valence-electron chi connectivity index (χ0n) is 16.7. The first-order chi connectivity index (χ1) is 13.1. The number of benzene rings is 2. The fourth-order valence-corrected chi connectivity index (χ4v) is 2.55. The van der Waals surface area contributed by atoms with E-state index in [4.69, 9.17) is 9.84 Å². The SMILES string of the molecule is CC.Cc1cc(-n2cc(-c3ccc(N(C)C)cc3)nn2)ccc1OCCO. The maximum absolute atomic E-state index is 8.86. The van der Waals surface area contributed by atoms with Gasteiger partial charge in [0.25, 0.3) is 0 Å². The number of aliphatic hydroxyl groups is 1. The van der Waals surface area contributed by atoms with E-state index in [0.717, 1.165) is 33.9 Å². The summed E-state index contributed by atoms with van der Waals surface area (Å²) in [4.78, 5) is 2.06. The van der Waals surface area contributed by atoms with Crippen molar-refractivity contribution in [2.75, 3.05) is 32.2 Å². The third-order valence-electron chi connectivity index (χ3n) is 3.94. The van der Waals surface area contributed by atoms with E-state index < -0.39 is 0 Å². The van der Waals surface area contributed by atoms with Crippen LogP contribution in [0.1, 0.15) is 19.4 Å². The van der Waals surface area contributed by atoms with Gasteiger partial charge in [-0.05, 0) is 42.8 Å². The molecular formula is C21H28N4O2. The minimum absolute atomic E-state index is 0.000238.